The van der Waals surface area contributed by atoms with Gasteiger partial charge in [-0.05, 0) is 36.9 Å². The number of benzene rings is 1. The first kappa shape index (κ1) is 24.0. The van der Waals surface area contributed by atoms with E-state index in [4.69, 9.17) is 9.47 Å². The monoisotopic (exact) mass is 526 g/mol. The zero-order chi connectivity index (χ0) is 20.6. The highest BCUT2D eigenvalue weighted by Gasteiger charge is 2.15. The van der Waals surface area contributed by atoms with Gasteiger partial charge in [-0.1, -0.05) is 0 Å². The molecule has 3 rings (SSSR count). The van der Waals surface area contributed by atoms with Crippen LogP contribution in [0.4, 0.5) is 11.5 Å². The molecule has 1 saturated heterocycles. The number of aliphatic imine (C=N–C) groups is 1. The largest absolute Gasteiger partial charge is 0.493 e. The van der Waals surface area contributed by atoms with Crippen molar-refractivity contribution in [3.05, 3.63) is 42.1 Å². The molecule has 1 aliphatic rings. The van der Waals surface area contributed by atoms with Gasteiger partial charge in [-0.2, -0.15) is 0 Å². The number of guanidine groups is 1. The molecule has 1 aromatic carbocycles. The smallest absolute Gasteiger partial charge is 0.195 e. The Morgan fingerprint density at radius 3 is 2.47 bits per heavy atom. The summed E-state index contributed by atoms with van der Waals surface area (Å²) in [6, 6.07) is 9.83. The van der Waals surface area contributed by atoms with Gasteiger partial charge in [-0.3, -0.25) is 4.99 Å². The highest BCUT2D eigenvalue weighted by molar-refractivity contribution is 14.0. The summed E-state index contributed by atoms with van der Waals surface area (Å²) in [4.78, 5) is 13.5. The summed E-state index contributed by atoms with van der Waals surface area (Å²) in [7, 11) is 7.15. The van der Waals surface area contributed by atoms with Crippen molar-refractivity contribution in [3.8, 4) is 11.5 Å². The number of nitrogens with zero attached hydrogens (tertiary/aromatic N) is 4. The molecule has 0 bridgehead atoms. The zero-order valence-corrected chi connectivity index (χ0v) is 20.3. The van der Waals surface area contributed by atoms with Crippen LogP contribution in [-0.2, 0) is 6.54 Å². The number of nitrogens with one attached hydrogen (secondary N) is 2. The Morgan fingerprint density at radius 2 is 1.80 bits per heavy atom. The van der Waals surface area contributed by atoms with Crippen LogP contribution in [0.5, 0.6) is 11.5 Å². The second-order valence-corrected chi connectivity index (χ2v) is 6.93. The number of hydrogen-bond donors (Lipinski definition) is 2. The van der Waals surface area contributed by atoms with E-state index in [1.165, 1.54) is 0 Å². The number of hydrogen-bond acceptors (Lipinski definition) is 6. The van der Waals surface area contributed by atoms with Crippen molar-refractivity contribution in [2.45, 2.75) is 6.54 Å². The second kappa shape index (κ2) is 11.8. The van der Waals surface area contributed by atoms with Crippen LogP contribution in [0.1, 0.15) is 5.56 Å². The lowest BCUT2D eigenvalue weighted by Crippen LogP contribution is -2.44. The molecule has 30 heavy (non-hydrogen) atoms. The van der Waals surface area contributed by atoms with E-state index in [9.17, 15) is 0 Å². The standard InChI is InChI=1S/C21H30N6O2.HI/c1-22-21(25-17-5-6-18(28-3)19(14-17)29-4)24-15-16-7-8-23-20(13-16)27-11-9-26(2)10-12-27;/h5-8,13-14H,9-12,15H2,1-4H3,(H2,22,24,25);1H. The molecule has 9 heteroatoms. The van der Waals surface area contributed by atoms with Gasteiger partial charge in [0.1, 0.15) is 5.82 Å². The third kappa shape index (κ3) is 6.36. The molecular weight excluding hydrogens is 495 g/mol. The van der Waals surface area contributed by atoms with Gasteiger partial charge in [0.2, 0.25) is 0 Å². The highest BCUT2D eigenvalue weighted by Crippen LogP contribution is 2.29. The minimum Gasteiger partial charge on any atom is -0.493 e. The number of halogens is 1. The van der Waals surface area contributed by atoms with Gasteiger partial charge in [-0.25, -0.2) is 4.98 Å². The molecular formula is C21H31IN6O2. The Kier molecular flexibility index (Phi) is 9.44. The number of piperazine rings is 1. The van der Waals surface area contributed by atoms with Crippen molar-refractivity contribution in [2.24, 2.45) is 4.99 Å². The molecule has 0 saturated carbocycles. The van der Waals surface area contributed by atoms with Crippen LogP contribution >= 0.6 is 24.0 Å². The third-order valence-electron chi connectivity index (χ3n) is 4.97. The van der Waals surface area contributed by atoms with Crippen LogP contribution in [0.2, 0.25) is 0 Å². The fraction of sp³-hybridized carbons (Fsp3) is 0.429. The summed E-state index contributed by atoms with van der Waals surface area (Å²) in [5.74, 6) is 3.06. The number of ether oxygens (including phenoxy) is 2. The molecule has 1 aliphatic heterocycles. The van der Waals surface area contributed by atoms with E-state index >= 15 is 0 Å². The summed E-state index contributed by atoms with van der Waals surface area (Å²) >= 11 is 0. The maximum atomic E-state index is 5.36. The van der Waals surface area contributed by atoms with E-state index in [1.54, 1.807) is 21.3 Å². The average Bonchev–Trinajstić information content (AvgIpc) is 2.77. The topological polar surface area (TPSA) is 74.3 Å². The molecule has 0 aliphatic carbocycles. The van der Waals surface area contributed by atoms with Crippen molar-refractivity contribution in [2.75, 3.05) is 64.7 Å². The van der Waals surface area contributed by atoms with E-state index in [0.29, 0.717) is 24.0 Å². The number of rotatable bonds is 6. The van der Waals surface area contributed by atoms with Gasteiger partial charge in [-0.15, -0.1) is 24.0 Å². The molecule has 1 aromatic heterocycles. The van der Waals surface area contributed by atoms with Crippen molar-refractivity contribution >= 4 is 41.4 Å². The minimum atomic E-state index is 0. The lowest BCUT2D eigenvalue weighted by molar-refractivity contribution is 0.312. The van der Waals surface area contributed by atoms with Crippen molar-refractivity contribution in [3.63, 3.8) is 0 Å². The molecule has 0 spiro atoms. The van der Waals surface area contributed by atoms with Crippen molar-refractivity contribution in [1.29, 1.82) is 0 Å². The molecule has 0 radical (unpaired) electrons. The summed E-state index contributed by atoms with van der Waals surface area (Å²) in [6.45, 7) is 4.78. The number of aromatic nitrogens is 1. The molecule has 0 atom stereocenters. The van der Waals surface area contributed by atoms with Gasteiger partial charge >= 0.3 is 0 Å². The Labute approximate surface area is 195 Å². The molecule has 2 heterocycles. The fourth-order valence-corrected chi connectivity index (χ4v) is 3.19. The van der Waals surface area contributed by atoms with Gasteiger partial charge in [0.15, 0.2) is 17.5 Å². The third-order valence-corrected chi connectivity index (χ3v) is 4.97. The maximum absolute atomic E-state index is 5.36. The van der Waals surface area contributed by atoms with Gasteiger partial charge in [0.05, 0.1) is 14.2 Å². The van der Waals surface area contributed by atoms with Gasteiger partial charge < -0.3 is 29.9 Å². The number of pyridine rings is 1. The summed E-state index contributed by atoms with van der Waals surface area (Å²) < 4.78 is 10.6. The zero-order valence-electron chi connectivity index (χ0n) is 18.0. The first-order valence-corrected chi connectivity index (χ1v) is 9.71. The quantitative estimate of drug-likeness (QED) is 0.341. The van der Waals surface area contributed by atoms with E-state index in [-0.39, 0.29) is 24.0 Å². The van der Waals surface area contributed by atoms with Gasteiger partial charge in [0.25, 0.3) is 0 Å². The Hall–Kier alpha value is -2.27. The van der Waals surface area contributed by atoms with E-state index in [2.05, 4.69) is 43.5 Å². The van der Waals surface area contributed by atoms with E-state index in [0.717, 1.165) is 43.2 Å². The molecule has 2 aromatic rings. The molecule has 0 unspecified atom stereocenters. The molecule has 2 N–H and O–H groups in total. The highest BCUT2D eigenvalue weighted by atomic mass is 127. The van der Waals surface area contributed by atoms with Crippen LogP contribution in [0.15, 0.2) is 41.5 Å². The first-order valence-electron chi connectivity index (χ1n) is 9.71. The minimum absolute atomic E-state index is 0. The summed E-state index contributed by atoms with van der Waals surface area (Å²) in [5.41, 5.74) is 2.02. The van der Waals surface area contributed by atoms with Crippen LogP contribution < -0.4 is 25.0 Å². The normalized spacial score (nSPS) is 14.7. The fourth-order valence-electron chi connectivity index (χ4n) is 3.19. The van der Waals surface area contributed by atoms with Crippen molar-refractivity contribution < 1.29 is 9.47 Å². The number of anilines is 2. The van der Waals surface area contributed by atoms with E-state index < -0.39 is 0 Å². The van der Waals surface area contributed by atoms with Crippen LogP contribution in [0.25, 0.3) is 0 Å². The molecule has 0 amide bonds. The van der Waals surface area contributed by atoms with Crippen LogP contribution in [0.3, 0.4) is 0 Å². The molecule has 8 nitrogen and oxygen atoms in total. The summed E-state index contributed by atoms with van der Waals surface area (Å²) in [5, 5.41) is 6.63. The Bertz CT molecular complexity index is 840. The molecule has 164 valence electrons. The van der Waals surface area contributed by atoms with Crippen molar-refractivity contribution in [1.82, 2.24) is 15.2 Å². The second-order valence-electron chi connectivity index (χ2n) is 6.93. The van der Waals surface area contributed by atoms with E-state index in [1.807, 2.05) is 30.5 Å². The molecule has 1 fully saturated rings. The van der Waals surface area contributed by atoms with Crippen LogP contribution in [0, 0.1) is 0 Å². The Morgan fingerprint density at radius 1 is 1.07 bits per heavy atom. The first-order chi connectivity index (χ1) is 14.1. The number of methoxy groups -OCH3 is 2. The SMILES string of the molecule is CN=C(NCc1ccnc(N2CCN(C)CC2)c1)Nc1ccc(OC)c(OC)c1.I. The van der Waals surface area contributed by atoms with Crippen LogP contribution in [-0.4, -0.2) is 70.3 Å². The van der Waals surface area contributed by atoms with Gasteiger partial charge in [0, 0.05) is 57.7 Å². The number of likely N-dealkylation sites (N-methyl/N-ethyl adjacent to an activating group) is 1. The lowest BCUT2D eigenvalue weighted by atomic mass is 10.2. The maximum Gasteiger partial charge on any atom is 0.195 e. The Balaban J connectivity index is 0.00000320. The predicted octanol–water partition coefficient (Wildman–Crippen LogP) is 2.66. The lowest BCUT2D eigenvalue weighted by Gasteiger charge is -2.33. The predicted molar refractivity (Wildman–Crippen MR) is 133 cm³/mol. The summed E-state index contributed by atoms with van der Waals surface area (Å²) in [6.07, 6.45) is 1.87. The average molecular weight is 526 g/mol.